The number of hydrogen-bond donors (Lipinski definition) is 3. The Morgan fingerprint density at radius 1 is 1.03 bits per heavy atom. The lowest BCUT2D eigenvalue weighted by atomic mass is 9.73. The van der Waals surface area contributed by atoms with Gasteiger partial charge in [-0.1, -0.05) is 51.7 Å². The van der Waals surface area contributed by atoms with E-state index in [1.54, 1.807) is 54.9 Å². The summed E-state index contributed by atoms with van der Waals surface area (Å²) in [4.78, 5) is 67.8. The van der Waals surface area contributed by atoms with Crippen molar-refractivity contribution >= 4 is 35.4 Å². The van der Waals surface area contributed by atoms with Crippen LogP contribution in [0.5, 0.6) is 0 Å². The molecule has 2 aromatic heterocycles. The van der Waals surface area contributed by atoms with Gasteiger partial charge in [0.05, 0.1) is 36.2 Å². The van der Waals surface area contributed by atoms with Gasteiger partial charge < -0.3 is 45.2 Å². The molecule has 0 radical (unpaired) electrons. The minimum Gasteiger partial charge on any atom is -0.455 e. The first-order valence-corrected chi connectivity index (χ1v) is 20.9. The highest BCUT2D eigenvalue weighted by Gasteiger charge is 2.61. The fourth-order valence-electron chi connectivity index (χ4n) is 8.85. The number of carbonyl (C=O) groups excluding carboxylic acids is 4. The van der Waals surface area contributed by atoms with Crippen molar-refractivity contribution in [3.8, 4) is 23.2 Å². The third kappa shape index (κ3) is 10.3. The number of cyclic esters (lactones) is 1. The summed E-state index contributed by atoms with van der Waals surface area (Å²) in [6, 6.07) is -0.0275. The van der Waals surface area contributed by atoms with Crippen LogP contribution in [0.15, 0.2) is 12.3 Å². The van der Waals surface area contributed by atoms with Crippen molar-refractivity contribution in [2.24, 2.45) is 17.8 Å². The van der Waals surface area contributed by atoms with Gasteiger partial charge in [0, 0.05) is 43.6 Å². The van der Waals surface area contributed by atoms with Gasteiger partial charge in [0.1, 0.15) is 36.0 Å². The quantitative estimate of drug-likeness (QED) is 0.113. The number of nitrogen functional groups attached to an aromatic ring is 2. The SMILES string of the molecule is CCO[C@@H](O[C@@H]1[C@@H](C)C(=O)[C@](C)(F)C(=O)O[C@H](CC)[C@@]2(C)OC(=O)N(CC#CCn3cc(-c4cc(N)nc(N)n4)nn3)[C@@H]2[C@@H](C)C(=O)[C@H](C)C[C@@]1(C)OC)C(O)C(CC)N(C)C. The molecular formula is C42H64FN9O10. The maximum atomic E-state index is 16.9. The molecule has 344 valence electrons. The highest BCUT2D eigenvalue weighted by atomic mass is 19.1. The fourth-order valence-corrected chi connectivity index (χ4v) is 8.85. The molecule has 2 saturated heterocycles. The third-order valence-electron chi connectivity index (χ3n) is 12.2. The number of aromatic nitrogens is 5. The number of methoxy groups -OCH3 is 1. The molecule has 62 heavy (non-hydrogen) atoms. The Labute approximate surface area is 362 Å². The summed E-state index contributed by atoms with van der Waals surface area (Å²) < 4.78 is 48.7. The van der Waals surface area contributed by atoms with Gasteiger partial charge in [0.15, 0.2) is 17.7 Å². The van der Waals surface area contributed by atoms with Crippen LogP contribution in [0.1, 0.15) is 81.6 Å². The summed E-state index contributed by atoms with van der Waals surface area (Å²) >= 11 is 0. The molecule has 20 heteroatoms. The Morgan fingerprint density at radius 2 is 1.69 bits per heavy atom. The highest BCUT2D eigenvalue weighted by molar-refractivity contribution is 6.08. The summed E-state index contributed by atoms with van der Waals surface area (Å²) in [6.45, 7) is 13.9. The number of amides is 1. The van der Waals surface area contributed by atoms with Gasteiger partial charge in [-0.2, -0.15) is 4.98 Å². The minimum absolute atomic E-state index is 0.0198. The number of rotatable bonds is 13. The van der Waals surface area contributed by atoms with E-state index in [0.717, 1.165) is 6.92 Å². The van der Waals surface area contributed by atoms with Crippen LogP contribution >= 0.6 is 0 Å². The first-order valence-electron chi connectivity index (χ1n) is 20.9. The smallest absolute Gasteiger partial charge is 0.411 e. The van der Waals surface area contributed by atoms with Crippen LogP contribution in [0.25, 0.3) is 11.4 Å². The molecule has 1 amide bonds. The number of nitrogens with zero attached hydrogens (tertiary/aromatic N) is 7. The Kier molecular flexibility index (Phi) is 16.2. The van der Waals surface area contributed by atoms with Crippen LogP contribution in [-0.2, 0) is 44.6 Å². The molecule has 5 N–H and O–H groups in total. The van der Waals surface area contributed by atoms with Crippen molar-refractivity contribution in [3.05, 3.63) is 12.3 Å². The van der Waals surface area contributed by atoms with Crippen LogP contribution in [0.3, 0.4) is 0 Å². The summed E-state index contributed by atoms with van der Waals surface area (Å²) in [5.41, 5.74) is 5.80. The summed E-state index contributed by atoms with van der Waals surface area (Å²) in [5, 5.41) is 19.7. The molecule has 19 nitrogen and oxygen atoms in total. The van der Waals surface area contributed by atoms with Crippen molar-refractivity contribution in [3.63, 3.8) is 0 Å². The molecule has 0 spiro atoms. The second-order valence-electron chi connectivity index (χ2n) is 16.9. The number of hydrogen-bond acceptors (Lipinski definition) is 17. The zero-order valence-corrected chi connectivity index (χ0v) is 37.9. The Bertz CT molecular complexity index is 1970. The maximum Gasteiger partial charge on any atom is 0.411 e. The second kappa shape index (κ2) is 20.1. The van der Waals surface area contributed by atoms with Gasteiger partial charge in [-0.3, -0.25) is 14.5 Å². The van der Waals surface area contributed by atoms with E-state index in [4.69, 9.17) is 35.2 Å². The average Bonchev–Trinajstić information content (AvgIpc) is 3.79. The maximum absolute atomic E-state index is 16.9. The number of fused-ring (bicyclic) bond motifs is 1. The van der Waals surface area contributed by atoms with Crippen LogP contribution in [0, 0.1) is 29.6 Å². The van der Waals surface area contributed by atoms with Crippen molar-refractivity contribution < 1.29 is 52.4 Å². The number of aliphatic hydroxyl groups excluding tert-OH is 1. The second-order valence-corrected chi connectivity index (χ2v) is 16.9. The summed E-state index contributed by atoms with van der Waals surface area (Å²) in [5.74, 6) is -0.182. The molecule has 2 fully saturated rings. The van der Waals surface area contributed by atoms with E-state index in [0.29, 0.717) is 17.8 Å². The van der Waals surface area contributed by atoms with Gasteiger partial charge >= 0.3 is 12.1 Å². The Hall–Kier alpha value is -4.81. The molecule has 4 rings (SSSR count). The lowest BCUT2D eigenvalue weighted by Crippen LogP contribution is -2.61. The Morgan fingerprint density at radius 3 is 2.27 bits per heavy atom. The Balaban J connectivity index is 1.74. The number of carbonyl (C=O) groups is 4. The number of aliphatic hydroxyl groups is 1. The molecular weight excluding hydrogens is 810 g/mol. The van der Waals surface area contributed by atoms with E-state index in [1.165, 1.54) is 36.6 Å². The number of Topliss-reactive ketones (excluding diaryl/α,β-unsaturated/α-hetero) is 2. The number of halogens is 1. The predicted octanol–water partition coefficient (Wildman–Crippen LogP) is 2.84. The molecule has 12 atom stereocenters. The number of likely N-dealkylation sites (N-methyl/N-ethyl adjacent to an activating group) is 1. The molecule has 2 aromatic rings. The van der Waals surface area contributed by atoms with Crippen LogP contribution in [0.2, 0.25) is 0 Å². The highest BCUT2D eigenvalue weighted by Crippen LogP contribution is 2.43. The van der Waals surface area contributed by atoms with E-state index in [1.807, 2.05) is 11.8 Å². The van der Waals surface area contributed by atoms with Crippen molar-refractivity contribution in [1.29, 1.82) is 0 Å². The van der Waals surface area contributed by atoms with Gasteiger partial charge in [-0.15, -0.1) is 5.10 Å². The van der Waals surface area contributed by atoms with E-state index in [-0.39, 0.29) is 50.1 Å². The monoisotopic (exact) mass is 873 g/mol. The number of alkyl halides is 1. The zero-order valence-electron chi connectivity index (χ0n) is 37.9. The van der Waals surface area contributed by atoms with E-state index >= 15 is 4.39 Å². The molecule has 0 bridgehead atoms. The molecule has 0 aliphatic carbocycles. The van der Waals surface area contributed by atoms with Gasteiger partial charge in [0.25, 0.3) is 5.67 Å². The van der Waals surface area contributed by atoms with Crippen LogP contribution in [-0.4, -0.2) is 151 Å². The van der Waals surface area contributed by atoms with E-state index in [9.17, 15) is 24.3 Å². The molecule has 0 saturated carbocycles. The zero-order chi connectivity index (χ0) is 46.5. The molecule has 2 aliphatic rings. The molecule has 0 aromatic carbocycles. The first kappa shape index (κ1) is 49.8. The van der Waals surface area contributed by atoms with Crippen LogP contribution < -0.4 is 11.5 Å². The lowest BCUT2D eigenvalue weighted by molar-refractivity contribution is -0.266. The summed E-state index contributed by atoms with van der Waals surface area (Å²) in [7, 11) is 4.95. The molecule has 2 aliphatic heterocycles. The normalized spacial score (nSPS) is 31.4. The number of ketones is 2. The fraction of sp³-hybridized carbons (Fsp3) is 0.714. The third-order valence-corrected chi connectivity index (χ3v) is 12.2. The van der Waals surface area contributed by atoms with Gasteiger partial charge in [-0.05, 0) is 61.1 Å². The topological polar surface area (TPSA) is 250 Å². The van der Waals surface area contributed by atoms with Crippen LogP contribution in [0.4, 0.5) is 21.0 Å². The minimum atomic E-state index is -3.23. The van der Waals surface area contributed by atoms with Crippen molar-refractivity contribution in [2.75, 3.05) is 45.8 Å². The van der Waals surface area contributed by atoms with Gasteiger partial charge in [-0.25, -0.2) is 23.6 Å². The number of ether oxygens (including phenoxy) is 5. The largest absolute Gasteiger partial charge is 0.455 e. The standard InChI is InChI=1S/C42H64FN9O10/c1-13-28(50(10)11)32(54)36(59-15-3)61-35-25(6)34(55)41(8,43)37(56)60-29(14-2)42(9)33(24(5)31(53)23(4)21-40(35,7)58-12)52(39(57)62-42)19-17-16-18-51-22-27(48-49-51)26-20-30(44)47-38(45)46-26/h20,22-25,28-29,32-33,35-36,54H,13-15,18-19,21H2,1-12H3,(H4,44,45,46,47)/t23-,24+,25+,28?,29-,32?,33-,35-,36+,40-,41+,42-/m1/s1. The number of anilines is 2. The first-order chi connectivity index (χ1) is 29.0. The van der Waals surface area contributed by atoms with E-state index < -0.39 is 89.2 Å². The number of nitrogens with two attached hydrogens (primary N) is 2. The summed E-state index contributed by atoms with van der Waals surface area (Å²) in [6.07, 6.45) is -4.03. The van der Waals surface area contributed by atoms with Crippen molar-refractivity contribution in [2.45, 2.75) is 142 Å². The molecule has 2 unspecified atom stereocenters. The van der Waals surface area contributed by atoms with Gasteiger partial charge in [0.2, 0.25) is 5.95 Å². The van der Waals surface area contributed by atoms with Crippen molar-refractivity contribution in [1.82, 2.24) is 34.8 Å². The molecule has 4 heterocycles. The number of esters is 1. The average molecular weight is 874 g/mol. The van der Waals surface area contributed by atoms with E-state index in [2.05, 4.69) is 32.1 Å². The predicted molar refractivity (Wildman–Crippen MR) is 224 cm³/mol. The lowest BCUT2D eigenvalue weighted by Gasteiger charge is -2.45.